The third-order valence-corrected chi connectivity index (χ3v) is 6.34. The van der Waals surface area contributed by atoms with Gasteiger partial charge in [0.25, 0.3) is 0 Å². The van der Waals surface area contributed by atoms with E-state index in [9.17, 15) is 14.4 Å². The molecule has 1 aromatic carbocycles. The molecule has 0 aromatic heterocycles. The largest absolute Gasteiger partial charge is 0.481 e. The topological polar surface area (TPSA) is 112 Å². The van der Waals surface area contributed by atoms with E-state index in [1.807, 2.05) is 18.2 Å². The number of ether oxygens (including phenoxy) is 4. The van der Waals surface area contributed by atoms with Crippen molar-refractivity contribution in [2.24, 2.45) is 0 Å². The first-order valence-electron chi connectivity index (χ1n) is 10.4. The summed E-state index contributed by atoms with van der Waals surface area (Å²) < 4.78 is 22.5. The predicted octanol–water partition coefficient (Wildman–Crippen LogP) is 1.74. The van der Waals surface area contributed by atoms with Crippen LogP contribution in [0, 0.1) is 0 Å². The maximum atomic E-state index is 12.3. The molecule has 164 valence electrons. The van der Waals surface area contributed by atoms with Crippen molar-refractivity contribution in [1.29, 1.82) is 0 Å². The lowest BCUT2D eigenvalue weighted by molar-refractivity contribution is -0.167. The fraction of sp³-hybridized carbons (Fsp3) is 0.500. The third kappa shape index (κ3) is 3.52. The number of carbonyl (C=O) groups is 3. The molecule has 1 fully saturated rings. The van der Waals surface area contributed by atoms with Crippen LogP contribution in [0.25, 0.3) is 0 Å². The van der Waals surface area contributed by atoms with Crippen LogP contribution < -0.4 is 9.47 Å². The van der Waals surface area contributed by atoms with E-state index in [1.54, 1.807) is 0 Å². The SMILES string of the molecule is CC(=O)O[C@H]1[C@H]2c3cc4c(cc3CN3CCC(=C[C@@H]1OC(=O)CCC(=O)O)[C@H]23)OCO4. The molecule has 1 aliphatic carbocycles. The highest BCUT2D eigenvalue weighted by atomic mass is 16.7. The summed E-state index contributed by atoms with van der Waals surface area (Å²) in [6, 6.07) is 3.97. The zero-order valence-corrected chi connectivity index (χ0v) is 17.0. The molecule has 0 unspecified atom stereocenters. The van der Waals surface area contributed by atoms with Crippen molar-refractivity contribution in [3.8, 4) is 11.5 Å². The highest BCUT2D eigenvalue weighted by molar-refractivity contribution is 5.77. The summed E-state index contributed by atoms with van der Waals surface area (Å²) in [4.78, 5) is 37.5. The van der Waals surface area contributed by atoms with E-state index in [4.69, 9.17) is 24.1 Å². The summed E-state index contributed by atoms with van der Waals surface area (Å²) in [6.45, 7) is 3.10. The number of fused-ring (bicyclic) bond motifs is 3. The number of benzene rings is 1. The maximum Gasteiger partial charge on any atom is 0.307 e. The number of carboxylic acid groups (broad SMARTS) is 1. The first kappa shape index (κ1) is 19.9. The van der Waals surface area contributed by atoms with Crippen molar-refractivity contribution in [2.75, 3.05) is 13.3 Å². The van der Waals surface area contributed by atoms with Crippen molar-refractivity contribution in [3.63, 3.8) is 0 Å². The van der Waals surface area contributed by atoms with Gasteiger partial charge in [0.2, 0.25) is 6.79 Å². The molecule has 0 amide bonds. The van der Waals surface area contributed by atoms with Gasteiger partial charge >= 0.3 is 17.9 Å². The minimum Gasteiger partial charge on any atom is -0.481 e. The van der Waals surface area contributed by atoms with Gasteiger partial charge in [0.1, 0.15) is 0 Å². The van der Waals surface area contributed by atoms with E-state index < -0.39 is 30.1 Å². The number of carbonyl (C=O) groups excluding carboxylic acids is 2. The quantitative estimate of drug-likeness (QED) is 0.552. The molecule has 31 heavy (non-hydrogen) atoms. The number of nitrogens with zero attached hydrogens (tertiary/aromatic N) is 1. The smallest absolute Gasteiger partial charge is 0.307 e. The van der Waals surface area contributed by atoms with Gasteiger partial charge in [0.05, 0.1) is 12.8 Å². The van der Waals surface area contributed by atoms with Gasteiger partial charge < -0.3 is 24.1 Å². The van der Waals surface area contributed by atoms with Gasteiger partial charge in [-0.1, -0.05) is 5.57 Å². The zero-order chi connectivity index (χ0) is 21.7. The number of hydrogen-bond donors (Lipinski definition) is 1. The van der Waals surface area contributed by atoms with Gasteiger partial charge in [-0.2, -0.15) is 0 Å². The van der Waals surface area contributed by atoms with Crippen LogP contribution in [0.2, 0.25) is 0 Å². The maximum absolute atomic E-state index is 12.3. The molecule has 1 aromatic rings. The number of carboxylic acids is 1. The molecule has 0 radical (unpaired) electrons. The van der Waals surface area contributed by atoms with E-state index in [1.165, 1.54) is 6.92 Å². The van der Waals surface area contributed by atoms with Gasteiger partial charge in [-0.3, -0.25) is 19.3 Å². The van der Waals surface area contributed by atoms with Gasteiger partial charge in [-0.05, 0) is 35.8 Å². The molecule has 4 aliphatic rings. The van der Waals surface area contributed by atoms with Crippen molar-refractivity contribution in [3.05, 3.63) is 34.9 Å². The molecule has 0 saturated carbocycles. The summed E-state index contributed by atoms with van der Waals surface area (Å²) in [6.07, 6.45) is 0.658. The molecule has 5 rings (SSSR count). The van der Waals surface area contributed by atoms with E-state index in [0.29, 0.717) is 11.5 Å². The molecule has 3 heterocycles. The Kier molecular flexibility index (Phi) is 4.85. The Morgan fingerprint density at radius 3 is 2.68 bits per heavy atom. The summed E-state index contributed by atoms with van der Waals surface area (Å²) in [5, 5.41) is 8.85. The summed E-state index contributed by atoms with van der Waals surface area (Å²) >= 11 is 0. The Labute approximate surface area is 178 Å². The molecule has 0 spiro atoms. The van der Waals surface area contributed by atoms with Gasteiger partial charge in [0.15, 0.2) is 23.7 Å². The van der Waals surface area contributed by atoms with Crippen LogP contribution >= 0.6 is 0 Å². The monoisotopic (exact) mass is 429 g/mol. The van der Waals surface area contributed by atoms with Crippen LogP contribution in [0.1, 0.15) is 43.2 Å². The Hall–Kier alpha value is -3.07. The fourth-order valence-corrected chi connectivity index (χ4v) is 5.17. The second kappa shape index (κ2) is 7.56. The van der Waals surface area contributed by atoms with Crippen molar-refractivity contribution < 1.29 is 38.4 Å². The molecule has 3 aliphatic heterocycles. The van der Waals surface area contributed by atoms with E-state index in [2.05, 4.69) is 4.90 Å². The van der Waals surface area contributed by atoms with Crippen LogP contribution in [-0.2, 0) is 30.4 Å². The molecular weight excluding hydrogens is 406 g/mol. The number of esters is 2. The van der Waals surface area contributed by atoms with E-state index in [-0.39, 0.29) is 31.6 Å². The van der Waals surface area contributed by atoms with Gasteiger partial charge in [-0.25, -0.2) is 0 Å². The Bertz CT molecular complexity index is 986. The average Bonchev–Trinajstić information content (AvgIpc) is 3.33. The Morgan fingerprint density at radius 2 is 1.94 bits per heavy atom. The van der Waals surface area contributed by atoms with Crippen LogP contribution in [0.15, 0.2) is 23.8 Å². The standard InChI is InChI=1S/C22H23NO8/c1-11(24)30-22-17(31-19(27)3-2-18(25)26)6-12-4-5-23-9-13-7-15-16(29-10-28-15)8-14(13)20(22)21(12)23/h6-8,17,20-22H,2-5,9-10H2,1H3,(H,25,26)/t17-,20-,21+,22+/m0/s1. The summed E-state index contributed by atoms with van der Waals surface area (Å²) in [7, 11) is 0. The molecule has 9 nitrogen and oxygen atoms in total. The lowest BCUT2D eigenvalue weighted by Gasteiger charge is -2.46. The van der Waals surface area contributed by atoms with Crippen LogP contribution in [0.5, 0.6) is 11.5 Å². The second-order valence-corrected chi connectivity index (χ2v) is 8.26. The zero-order valence-electron chi connectivity index (χ0n) is 17.0. The highest BCUT2D eigenvalue weighted by Gasteiger charge is 2.52. The van der Waals surface area contributed by atoms with Gasteiger partial charge in [0, 0.05) is 32.0 Å². The van der Waals surface area contributed by atoms with E-state index in [0.717, 1.165) is 36.2 Å². The van der Waals surface area contributed by atoms with E-state index >= 15 is 0 Å². The van der Waals surface area contributed by atoms with Crippen molar-refractivity contribution in [1.82, 2.24) is 4.90 Å². The first-order valence-corrected chi connectivity index (χ1v) is 10.4. The number of hydrogen-bond acceptors (Lipinski definition) is 8. The fourth-order valence-electron chi connectivity index (χ4n) is 5.17. The predicted molar refractivity (Wildman–Crippen MR) is 105 cm³/mol. The Morgan fingerprint density at radius 1 is 1.16 bits per heavy atom. The molecule has 1 N–H and O–H groups in total. The van der Waals surface area contributed by atoms with Crippen molar-refractivity contribution in [2.45, 2.75) is 56.9 Å². The molecule has 0 bridgehead atoms. The van der Waals surface area contributed by atoms with Crippen LogP contribution in [-0.4, -0.2) is 59.5 Å². The minimum absolute atomic E-state index is 0.0474. The molecule has 4 atom stereocenters. The lowest BCUT2D eigenvalue weighted by atomic mass is 9.73. The summed E-state index contributed by atoms with van der Waals surface area (Å²) in [5.41, 5.74) is 3.21. The first-order chi connectivity index (χ1) is 14.9. The molecule has 9 heteroatoms. The van der Waals surface area contributed by atoms with Crippen molar-refractivity contribution >= 4 is 17.9 Å². The van der Waals surface area contributed by atoms with Gasteiger partial charge in [-0.15, -0.1) is 0 Å². The second-order valence-electron chi connectivity index (χ2n) is 8.26. The summed E-state index contributed by atoms with van der Waals surface area (Å²) in [5.74, 6) is -1.05. The molecule has 1 saturated heterocycles. The average molecular weight is 429 g/mol. The number of rotatable bonds is 5. The molecular formula is C22H23NO8. The third-order valence-electron chi connectivity index (χ3n) is 6.34. The minimum atomic E-state index is -1.07. The Balaban J connectivity index is 1.53. The normalized spacial score (nSPS) is 27.7. The van der Waals surface area contributed by atoms with Crippen LogP contribution in [0.4, 0.5) is 0 Å². The highest BCUT2D eigenvalue weighted by Crippen LogP contribution is 2.50. The number of aliphatic carboxylic acids is 1. The van der Waals surface area contributed by atoms with Crippen LogP contribution in [0.3, 0.4) is 0 Å². The lowest BCUT2D eigenvalue weighted by Crippen LogP contribution is -2.52.